The van der Waals surface area contributed by atoms with E-state index in [1.807, 2.05) is 0 Å². The van der Waals surface area contributed by atoms with Crippen molar-refractivity contribution in [1.29, 1.82) is 0 Å². The molecule has 0 fully saturated rings. The van der Waals surface area contributed by atoms with E-state index in [2.05, 4.69) is 5.92 Å². The van der Waals surface area contributed by atoms with Gasteiger partial charge >= 0.3 is 5.69 Å². The molecule has 0 spiro atoms. The molecule has 0 N–H and O–H groups in total. The zero-order valence-electron chi connectivity index (χ0n) is 10.7. The van der Waals surface area contributed by atoms with E-state index in [4.69, 9.17) is 6.42 Å². The van der Waals surface area contributed by atoms with E-state index in [0.717, 1.165) is 22.5 Å². The van der Waals surface area contributed by atoms with Gasteiger partial charge in [0.1, 0.15) is 0 Å². The highest BCUT2D eigenvalue weighted by molar-refractivity contribution is 7.89. The number of para-hydroxylation sites is 1. The first-order chi connectivity index (χ1) is 9.36. The SMILES string of the molecule is C#CCN(CCC)S(=O)(=O)c1cccc(F)c1[N+](=O)[O-]. The molecule has 0 unspecified atom stereocenters. The van der Waals surface area contributed by atoms with E-state index in [-0.39, 0.29) is 13.1 Å². The van der Waals surface area contributed by atoms with Gasteiger partial charge in [0.25, 0.3) is 10.0 Å². The van der Waals surface area contributed by atoms with Crippen molar-refractivity contribution in [3.63, 3.8) is 0 Å². The van der Waals surface area contributed by atoms with Crippen LogP contribution in [0.25, 0.3) is 0 Å². The van der Waals surface area contributed by atoms with Crippen molar-refractivity contribution in [3.8, 4) is 12.3 Å². The van der Waals surface area contributed by atoms with E-state index in [0.29, 0.717) is 6.42 Å². The van der Waals surface area contributed by atoms with Gasteiger partial charge in [-0.1, -0.05) is 18.9 Å². The lowest BCUT2D eigenvalue weighted by molar-refractivity contribution is -0.390. The van der Waals surface area contributed by atoms with Gasteiger partial charge in [0.05, 0.1) is 11.5 Å². The highest BCUT2D eigenvalue weighted by Gasteiger charge is 2.33. The number of rotatable bonds is 6. The maximum Gasteiger partial charge on any atom is 0.324 e. The number of halogens is 1. The fourth-order valence-corrected chi connectivity index (χ4v) is 3.27. The highest BCUT2D eigenvalue weighted by Crippen LogP contribution is 2.29. The van der Waals surface area contributed by atoms with Gasteiger partial charge in [-0.2, -0.15) is 8.70 Å². The monoisotopic (exact) mass is 300 g/mol. The fraction of sp³-hybridized carbons (Fsp3) is 0.333. The van der Waals surface area contributed by atoms with Gasteiger partial charge in [-0.05, 0) is 18.6 Å². The largest absolute Gasteiger partial charge is 0.324 e. The van der Waals surface area contributed by atoms with Crippen LogP contribution >= 0.6 is 0 Å². The number of benzene rings is 1. The van der Waals surface area contributed by atoms with Crippen LogP contribution in [0, 0.1) is 28.3 Å². The quantitative estimate of drug-likeness (QED) is 0.455. The summed E-state index contributed by atoms with van der Waals surface area (Å²) in [6.07, 6.45) is 5.57. The van der Waals surface area contributed by atoms with Crippen LogP contribution in [0.15, 0.2) is 23.1 Å². The Kier molecular flexibility index (Phi) is 5.19. The number of nitro groups is 1. The number of terminal acetylenes is 1. The molecule has 0 aliphatic heterocycles. The lowest BCUT2D eigenvalue weighted by Crippen LogP contribution is -2.32. The van der Waals surface area contributed by atoms with Crippen LogP contribution in [0.2, 0.25) is 0 Å². The van der Waals surface area contributed by atoms with Crippen LogP contribution in [-0.2, 0) is 10.0 Å². The molecule has 0 heterocycles. The van der Waals surface area contributed by atoms with Crippen LogP contribution in [0.3, 0.4) is 0 Å². The standard InChI is InChI=1S/C12H13FN2O4S/c1-3-8-14(9-4-2)20(18,19)11-7-5-6-10(13)12(11)15(16)17/h1,5-7H,4,8-9H2,2H3. The average Bonchev–Trinajstić information content (AvgIpc) is 2.37. The molecule has 0 bridgehead atoms. The Morgan fingerprint density at radius 1 is 1.50 bits per heavy atom. The second kappa shape index (κ2) is 6.45. The fourth-order valence-electron chi connectivity index (χ4n) is 1.66. The molecule has 0 saturated carbocycles. The summed E-state index contributed by atoms with van der Waals surface area (Å²) in [7, 11) is -4.21. The van der Waals surface area contributed by atoms with Crippen LogP contribution in [0.4, 0.5) is 10.1 Å². The van der Waals surface area contributed by atoms with Crippen LogP contribution in [0.5, 0.6) is 0 Å². The number of nitrogens with zero attached hydrogens (tertiary/aromatic N) is 2. The summed E-state index contributed by atoms with van der Waals surface area (Å²) in [5.74, 6) is 0.974. The summed E-state index contributed by atoms with van der Waals surface area (Å²) in [5, 5.41) is 10.9. The van der Waals surface area contributed by atoms with Crippen molar-refractivity contribution in [2.45, 2.75) is 18.2 Å². The van der Waals surface area contributed by atoms with Crippen molar-refractivity contribution in [2.75, 3.05) is 13.1 Å². The molecular formula is C12H13FN2O4S. The van der Waals surface area contributed by atoms with Gasteiger partial charge in [-0.3, -0.25) is 10.1 Å². The smallest absolute Gasteiger partial charge is 0.258 e. The molecule has 0 aliphatic rings. The lowest BCUT2D eigenvalue weighted by Gasteiger charge is -2.19. The number of hydrogen-bond acceptors (Lipinski definition) is 4. The molecule has 1 aromatic carbocycles. The first-order valence-electron chi connectivity index (χ1n) is 5.72. The van der Waals surface area contributed by atoms with Gasteiger partial charge in [-0.25, -0.2) is 8.42 Å². The third kappa shape index (κ3) is 3.12. The Morgan fingerprint density at radius 3 is 2.65 bits per heavy atom. The third-order valence-corrected chi connectivity index (χ3v) is 4.37. The van der Waals surface area contributed by atoms with E-state index < -0.39 is 31.3 Å². The number of sulfonamides is 1. The number of hydrogen-bond donors (Lipinski definition) is 0. The Bertz CT molecular complexity index is 652. The maximum absolute atomic E-state index is 13.5. The van der Waals surface area contributed by atoms with Crippen molar-refractivity contribution < 1.29 is 17.7 Å². The topological polar surface area (TPSA) is 80.5 Å². The minimum atomic E-state index is -4.21. The predicted octanol–water partition coefficient (Wildman–Crippen LogP) is 1.77. The zero-order valence-corrected chi connectivity index (χ0v) is 11.6. The Labute approximate surface area is 116 Å². The van der Waals surface area contributed by atoms with E-state index in [9.17, 15) is 22.9 Å². The summed E-state index contributed by atoms with van der Waals surface area (Å²) >= 11 is 0. The molecule has 0 aliphatic carbocycles. The number of nitro benzene ring substituents is 1. The molecule has 20 heavy (non-hydrogen) atoms. The summed E-state index contributed by atoms with van der Waals surface area (Å²) < 4.78 is 39.1. The first-order valence-corrected chi connectivity index (χ1v) is 7.16. The Balaban J connectivity index is 3.46. The molecule has 8 heteroatoms. The van der Waals surface area contributed by atoms with Crippen molar-refractivity contribution in [2.24, 2.45) is 0 Å². The van der Waals surface area contributed by atoms with Crippen molar-refractivity contribution >= 4 is 15.7 Å². The molecule has 1 aromatic rings. The van der Waals surface area contributed by atoms with E-state index in [1.165, 1.54) is 0 Å². The Morgan fingerprint density at radius 2 is 2.15 bits per heavy atom. The summed E-state index contributed by atoms with van der Waals surface area (Å²) in [5.41, 5.74) is -1.06. The predicted molar refractivity (Wildman–Crippen MR) is 70.9 cm³/mol. The third-order valence-electron chi connectivity index (χ3n) is 2.49. The molecule has 0 radical (unpaired) electrons. The van der Waals surface area contributed by atoms with E-state index in [1.54, 1.807) is 6.92 Å². The molecule has 0 amide bonds. The van der Waals surface area contributed by atoms with Gasteiger partial charge < -0.3 is 0 Å². The second-order valence-corrected chi connectivity index (χ2v) is 5.79. The minimum Gasteiger partial charge on any atom is -0.258 e. The minimum absolute atomic E-state index is 0.0974. The normalized spacial score (nSPS) is 11.3. The van der Waals surface area contributed by atoms with Gasteiger partial charge in [0.15, 0.2) is 4.90 Å². The van der Waals surface area contributed by atoms with Crippen molar-refractivity contribution in [1.82, 2.24) is 4.31 Å². The van der Waals surface area contributed by atoms with Crippen LogP contribution < -0.4 is 0 Å². The zero-order chi connectivity index (χ0) is 15.3. The lowest BCUT2D eigenvalue weighted by atomic mass is 10.3. The molecule has 108 valence electrons. The van der Waals surface area contributed by atoms with Crippen molar-refractivity contribution in [3.05, 3.63) is 34.1 Å². The van der Waals surface area contributed by atoms with Gasteiger partial charge in [0.2, 0.25) is 5.82 Å². The second-order valence-electron chi connectivity index (χ2n) is 3.89. The first kappa shape index (κ1) is 16.1. The summed E-state index contributed by atoms with van der Waals surface area (Å²) in [6, 6.07) is 2.94. The molecule has 6 nitrogen and oxygen atoms in total. The maximum atomic E-state index is 13.5. The molecular weight excluding hydrogens is 287 g/mol. The molecule has 0 atom stereocenters. The average molecular weight is 300 g/mol. The van der Waals surface area contributed by atoms with Gasteiger partial charge in [0, 0.05) is 6.54 Å². The molecule has 0 aromatic heterocycles. The molecule has 0 saturated heterocycles. The van der Waals surface area contributed by atoms with E-state index >= 15 is 0 Å². The van der Waals surface area contributed by atoms with Crippen LogP contribution in [0.1, 0.15) is 13.3 Å². The molecule has 1 rings (SSSR count). The highest BCUT2D eigenvalue weighted by atomic mass is 32.2. The Hall–Kier alpha value is -1.98. The summed E-state index contributed by atoms with van der Waals surface area (Å²) in [6.45, 7) is 1.60. The van der Waals surface area contributed by atoms with Gasteiger partial charge in [-0.15, -0.1) is 6.42 Å². The van der Waals surface area contributed by atoms with Crippen LogP contribution in [-0.4, -0.2) is 30.7 Å². The summed E-state index contributed by atoms with van der Waals surface area (Å²) in [4.78, 5) is 9.13.